The molecule has 1 atom stereocenters. The Kier molecular flexibility index (Phi) is 5.68. The first-order valence-corrected chi connectivity index (χ1v) is 4.07. The van der Waals surface area contributed by atoms with Crippen LogP contribution in [0.1, 0.15) is 6.92 Å². The normalized spacial score (nSPS) is 10.4. The van der Waals surface area contributed by atoms with E-state index in [0.29, 0.717) is 0 Å². The van der Waals surface area contributed by atoms with Crippen molar-refractivity contribution in [3.63, 3.8) is 0 Å². The van der Waals surface area contributed by atoms with Gasteiger partial charge in [0, 0.05) is 4.57 Å². The zero-order chi connectivity index (χ0) is 8.69. The molecule has 0 N–H and O–H groups in total. The topological polar surface area (TPSA) is 35.5 Å². The summed E-state index contributed by atoms with van der Waals surface area (Å²) < 4.78 is 19.9. The molecule has 3 nitrogen and oxygen atoms in total. The molecule has 0 aliphatic rings. The van der Waals surface area contributed by atoms with E-state index in [0.717, 1.165) is 5.57 Å². The quantitative estimate of drug-likeness (QED) is 0.361. The summed E-state index contributed by atoms with van der Waals surface area (Å²) in [6, 6.07) is 0. The molecule has 1 unspecified atom stereocenters. The van der Waals surface area contributed by atoms with Gasteiger partial charge in [0.1, 0.15) is 6.61 Å². The van der Waals surface area contributed by atoms with Gasteiger partial charge in [-0.1, -0.05) is 12.5 Å². The summed E-state index contributed by atoms with van der Waals surface area (Å²) in [6.45, 7) is 5.57. The fraction of sp³-hybridized carbons (Fsp3) is 0.429. The summed E-state index contributed by atoms with van der Waals surface area (Å²) in [7, 11) is -2.07. The monoisotopic (exact) mass is 173 g/mol. The summed E-state index contributed by atoms with van der Waals surface area (Å²) in [4.78, 5) is 0. The minimum atomic E-state index is -2.07. The Morgan fingerprint density at radius 2 is 2.36 bits per heavy atom. The maximum atomic E-state index is 10.7. The Hall–Kier alpha value is -0.680. The molecule has 60 valence electrons. The highest BCUT2D eigenvalue weighted by Gasteiger charge is 2.18. The van der Waals surface area contributed by atoms with Gasteiger partial charge in [0.2, 0.25) is 0 Å². The lowest BCUT2D eigenvalue weighted by atomic mass is 10.4. The predicted molar refractivity (Wildman–Crippen MR) is 43.2 cm³/mol. The molecule has 0 aromatic heterocycles. The van der Waals surface area contributed by atoms with Crippen LogP contribution < -0.4 is 0 Å². The second-order valence-electron chi connectivity index (χ2n) is 1.93. The standard InChI is InChI=1S/C7H10O3P/c1-4-5-9-11(8)10-6-7(2)3/h1H,2,5-6H2,3H3/q+1. The highest BCUT2D eigenvalue weighted by atomic mass is 31.1. The summed E-state index contributed by atoms with van der Waals surface area (Å²) in [6.07, 6.45) is 4.86. The molecular formula is C7H10O3P+. The van der Waals surface area contributed by atoms with E-state index in [1.54, 1.807) is 6.92 Å². The zero-order valence-corrected chi connectivity index (χ0v) is 7.27. The van der Waals surface area contributed by atoms with E-state index in [2.05, 4.69) is 17.0 Å². The van der Waals surface area contributed by atoms with Gasteiger partial charge in [0.15, 0.2) is 6.61 Å². The molecule has 11 heavy (non-hydrogen) atoms. The Labute approximate surface area is 67.3 Å². The van der Waals surface area contributed by atoms with Crippen LogP contribution in [0.2, 0.25) is 0 Å². The van der Waals surface area contributed by atoms with Gasteiger partial charge < -0.3 is 0 Å². The van der Waals surface area contributed by atoms with Gasteiger partial charge >= 0.3 is 8.25 Å². The van der Waals surface area contributed by atoms with Gasteiger partial charge in [-0.05, 0) is 12.5 Å². The lowest BCUT2D eigenvalue weighted by molar-refractivity contribution is 0.260. The Balaban J connectivity index is 3.39. The fourth-order valence-electron chi connectivity index (χ4n) is 0.290. The third-order valence-electron chi connectivity index (χ3n) is 0.670. The van der Waals surface area contributed by atoms with Crippen LogP contribution in [0, 0.1) is 12.3 Å². The van der Waals surface area contributed by atoms with E-state index in [-0.39, 0.29) is 13.2 Å². The fourth-order valence-corrected chi connectivity index (χ4v) is 0.870. The SMILES string of the molecule is C#CCO[P+](=O)OCC(=C)C. The first kappa shape index (κ1) is 10.3. The first-order valence-electron chi connectivity index (χ1n) is 2.97. The molecule has 0 radical (unpaired) electrons. The maximum Gasteiger partial charge on any atom is 0.698 e. The van der Waals surface area contributed by atoms with Gasteiger partial charge in [-0.15, -0.1) is 15.5 Å². The van der Waals surface area contributed by atoms with Crippen LogP contribution in [0.3, 0.4) is 0 Å². The van der Waals surface area contributed by atoms with E-state index >= 15 is 0 Å². The molecule has 0 fully saturated rings. The third kappa shape index (κ3) is 7.21. The van der Waals surface area contributed by atoms with Gasteiger partial charge in [-0.25, -0.2) is 0 Å². The van der Waals surface area contributed by atoms with Crippen LogP contribution in [0.4, 0.5) is 0 Å². The highest BCUT2D eigenvalue weighted by Crippen LogP contribution is 2.23. The van der Waals surface area contributed by atoms with E-state index in [1.807, 2.05) is 0 Å². The Morgan fingerprint density at radius 1 is 1.73 bits per heavy atom. The molecule has 0 saturated heterocycles. The van der Waals surface area contributed by atoms with Crippen LogP contribution in [0.5, 0.6) is 0 Å². The first-order chi connectivity index (χ1) is 5.16. The van der Waals surface area contributed by atoms with Crippen molar-refractivity contribution in [3.05, 3.63) is 12.2 Å². The number of terminal acetylenes is 1. The molecule has 0 aromatic rings. The maximum absolute atomic E-state index is 10.7. The Bertz CT molecular complexity index is 192. The number of hydrogen-bond donors (Lipinski definition) is 0. The van der Waals surface area contributed by atoms with Crippen molar-refractivity contribution in [3.8, 4) is 12.3 Å². The highest BCUT2D eigenvalue weighted by molar-refractivity contribution is 7.33. The summed E-state index contributed by atoms with van der Waals surface area (Å²) in [5, 5.41) is 0. The lowest BCUT2D eigenvalue weighted by Crippen LogP contribution is -1.89. The largest absolute Gasteiger partial charge is 0.698 e. The molecular weight excluding hydrogens is 163 g/mol. The van der Waals surface area contributed by atoms with Crippen LogP contribution >= 0.6 is 8.25 Å². The van der Waals surface area contributed by atoms with E-state index < -0.39 is 8.25 Å². The molecule has 4 heteroatoms. The second kappa shape index (κ2) is 6.06. The van der Waals surface area contributed by atoms with Crippen LogP contribution in [0.15, 0.2) is 12.2 Å². The van der Waals surface area contributed by atoms with E-state index in [9.17, 15) is 4.57 Å². The average molecular weight is 173 g/mol. The smallest absolute Gasteiger partial charge is 0.117 e. The predicted octanol–water partition coefficient (Wildman–Crippen LogP) is 1.89. The van der Waals surface area contributed by atoms with E-state index in [4.69, 9.17) is 10.9 Å². The van der Waals surface area contributed by atoms with E-state index in [1.165, 1.54) is 0 Å². The lowest BCUT2D eigenvalue weighted by Gasteiger charge is -1.87. The van der Waals surface area contributed by atoms with Crippen LogP contribution in [-0.2, 0) is 13.6 Å². The molecule has 0 spiro atoms. The molecule has 0 aromatic carbocycles. The van der Waals surface area contributed by atoms with Crippen molar-refractivity contribution in [2.24, 2.45) is 0 Å². The molecule has 0 amide bonds. The molecule has 0 bridgehead atoms. The molecule has 0 rings (SSSR count). The number of rotatable bonds is 5. The zero-order valence-electron chi connectivity index (χ0n) is 6.37. The van der Waals surface area contributed by atoms with Crippen molar-refractivity contribution in [2.75, 3.05) is 13.2 Å². The number of hydrogen-bond acceptors (Lipinski definition) is 3. The van der Waals surface area contributed by atoms with Crippen molar-refractivity contribution in [2.45, 2.75) is 6.92 Å². The summed E-state index contributed by atoms with van der Waals surface area (Å²) in [5.41, 5.74) is 0.789. The minimum absolute atomic E-state index is 0.00535. The second-order valence-corrected chi connectivity index (χ2v) is 2.90. The summed E-state index contributed by atoms with van der Waals surface area (Å²) in [5.74, 6) is 2.18. The third-order valence-corrected chi connectivity index (χ3v) is 1.35. The van der Waals surface area contributed by atoms with Crippen molar-refractivity contribution < 1.29 is 13.6 Å². The molecule has 0 aliphatic carbocycles. The van der Waals surface area contributed by atoms with Gasteiger partial charge in [-0.2, -0.15) is 0 Å². The van der Waals surface area contributed by atoms with Crippen molar-refractivity contribution >= 4 is 8.25 Å². The molecule has 0 aliphatic heterocycles. The minimum Gasteiger partial charge on any atom is -0.117 e. The van der Waals surface area contributed by atoms with Gasteiger partial charge in [0.05, 0.1) is 0 Å². The van der Waals surface area contributed by atoms with Crippen molar-refractivity contribution in [1.82, 2.24) is 0 Å². The molecule has 0 heterocycles. The Morgan fingerprint density at radius 3 is 2.82 bits per heavy atom. The van der Waals surface area contributed by atoms with Gasteiger partial charge in [0.25, 0.3) is 0 Å². The average Bonchev–Trinajstić information content (AvgIpc) is 1.97. The van der Waals surface area contributed by atoms with Gasteiger partial charge in [-0.3, -0.25) is 0 Å². The van der Waals surface area contributed by atoms with Crippen LogP contribution in [-0.4, -0.2) is 13.2 Å². The van der Waals surface area contributed by atoms with Crippen LogP contribution in [0.25, 0.3) is 0 Å². The molecule has 0 saturated carbocycles. The summed E-state index contributed by atoms with van der Waals surface area (Å²) >= 11 is 0. The van der Waals surface area contributed by atoms with Crippen molar-refractivity contribution in [1.29, 1.82) is 0 Å².